The first-order valence-corrected chi connectivity index (χ1v) is 8.46. The third kappa shape index (κ3) is 3.18. The van der Waals surface area contributed by atoms with E-state index in [9.17, 15) is 0 Å². The fourth-order valence-corrected chi connectivity index (χ4v) is 4.20. The van der Waals surface area contributed by atoms with Crippen LogP contribution in [0.1, 0.15) is 60.5 Å². The van der Waals surface area contributed by atoms with E-state index in [-0.39, 0.29) is 0 Å². The first-order valence-electron chi connectivity index (χ1n) is 7.65. The largest absolute Gasteiger partial charge is 0.315 e. The van der Waals surface area contributed by atoms with Gasteiger partial charge in [-0.1, -0.05) is 6.42 Å². The molecule has 1 unspecified atom stereocenters. The van der Waals surface area contributed by atoms with Crippen molar-refractivity contribution in [1.82, 2.24) is 15.2 Å². The molecule has 1 aliphatic carbocycles. The Hall–Kier alpha value is -0.450. The maximum absolute atomic E-state index is 4.96. The van der Waals surface area contributed by atoms with Crippen LogP contribution in [0.15, 0.2) is 0 Å². The summed E-state index contributed by atoms with van der Waals surface area (Å²) in [5.41, 5.74) is 1.40. The Morgan fingerprint density at radius 1 is 1.32 bits per heavy atom. The summed E-state index contributed by atoms with van der Waals surface area (Å²) < 4.78 is 0. The molecule has 1 aromatic heterocycles. The van der Waals surface area contributed by atoms with Gasteiger partial charge >= 0.3 is 0 Å². The molecule has 3 nitrogen and oxygen atoms in total. The minimum absolute atomic E-state index is 0.731. The van der Waals surface area contributed by atoms with Gasteiger partial charge in [-0.15, -0.1) is 11.3 Å². The molecule has 19 heavy (non-hydrogen) atoms. The zero-order valence-electron chi connectivity index (χ0n) is 12.1. The van der Waals surface area contributed by atoms with Crippen molar-refractivity contribution in [2.24, 2.45) is 0 Å². The minimum atomic E-state index is 0.731. The third-order valence-corrected chi connectivity index (χ3v) is 5.41. The van der Waals surface area contributed by atoms with E-state index in [0.717, 1.165) is 25.0 Å². The van der Waals surface area contributed by atoms with E-state index in [4.69, 9.17) is 4.98 Å². The van der Waals surface area contributed by atoms with E-state index < -0.39 is 0 Å². The first kappa shape index (κ1) is 13.5. The van der Waals surface area contributed by atoms with Gasteiger partial charge in [-0.25, -0.2) is 4.98 Å². The highest BCUT2D eigenvalue weighted by Gasteiger charge is 2.30. The number of nitrogens with zero attached hydrogens (tertiary/aromatic N) is 2. The lowest BCUT2D eigenvalue weighted by molar-refractivity contribution is 0.152. The molecule has 2 aliphatic rings. The highest BCUT2D eigenvalue weighted by molar-refractivity contribution is 7.11. The Balaban J connectivity index is 1.71. The standard InChI is InChI=1S/C15H25N3S/c1-11-5-3-4-8-18(11)10-14-17-15(12-6-7-12)13(19-14)9-16-2/h11-12,16H,3-10H2,1-2H3. The van der Waals surface area contributed by atoms with Gasteiger partial charge in [-0.2, -0.15) is 0 Å². The van der Waals surface area contributed by atoms with Crippen molar-refractivity contribution in [3.8, 4) is 0 Å². The Morgan fingerprint density at radius 3 is 2.84 bits per heavy atom. The Morgan fingerprint density at radius 2 is 2.16 bits per heavy atom. The van der Waals surface area contributed by atoms with Gasteiger partial charge in [-0.05, 0) is 46.2 Å². The van der Waals surface area contributed by atoms with Crippen molar-refractivity contribution in [2.45, 2.75) is 64.1 Å². The number of thiazole rings is 1. The molecule has 2 heterocycles. The van der Waals surface area contributed by atoms with E-state index in [1.807, 2.05) is 18.4 Å². The van der Waals surface area contributed by atoms with Gasteiger partial charge in [-0.3, -0.25) is 4.90 Å². The number of nitrogens with one attached hydrogen (secondary N) is 1. The Bertz CT molecular complexity index is 425. The van der Waals surface area contributed by atoms with E-state index >= 15 is 0 Å². The number of hydrogen-bond donors (Lipinski definition) is 1. The van der Waals surface area contributed by atoms with Gasteiger partial charge in [0, 0.05) is 23.4 Å². The molecule has 1 saturated heterocycles. The normalized spacial score (nSPS) is 24.8. The van der Waals surface area contributed by atoms with Crippen molar-refractivity contribution in [3.05, 3.63) is 15.6 Å². The summed E-state index contributed by atoms with van der Waals surface area (Å²) in [6, 6.07) is 0.731. The molecular weight excluding hydrogens is 254 g/mol. The summed E-state index contributed by atoms with van der Waals surface area (Å²) in [4.78, 5) is 9.05. The number of likely N-dealkylation sites (tertiary alicyclic amines) is 1. The molecule has 106 valence electrons. The van der Waals surface area contributed by atoms with Gasteiger partial charge in [0.15, 0.2) is 0 Å². The van der Waals surface area contributed by atoms with Crippen LogP contribution in [0.3, 0.4) is 0 Å². The zero-order chi connectivity index (χ0) is 13.2. The molecule has 1 atom stereocenters. The Labute approximate surface area is 120 Å². The van der Waals surface area contributed by atoms with E-state index in [1.54, 1.807) is 0 Å². The van der Waals surface area contributed by atoms with Crippen LogP contribution < -0.4 is 5.32 Å². The first-order chi connectivity index (χ1) is 9.28. The summed E-state index contributed by atoms with van der Waals surface area (Å²) in [5.74, 6) is 0.770. The van der Waals surface area contributed by atoms with E-state index in [1.165, 1.54) is 54.2 Å². The van der Waals surface area contributed by atoms with Crippen LogP contribution in [0, 0.1) is 0 Å². The number of aromatic nitrogens is 1. The molecule has 0 spiro atoms. The quantitative estimate of drug-likeness (QED) is 0.897. The summed E-state index contributed by atoms with van der Waals surface area (Å²) in [6.45, 7) is 5.66. The predicted molar refractivity (Wildman–Crippen MR) is 80.6 cm³/mol. The molecule has 1 N–H and O–H groups in total. The van der Waals surface area contributed by atoms with Gasteiger partial charge in [0.2, 0.25) is 0 Å². The van der Waals surface area contributed by atoms with Gasteiger partial charge < -0.3 is 5.32 Å². The van der Waals surface area contributed by atoms with Crippen LogP contribution in [-0.4, -0.2) is 29.5 Å². The third-order valence-electron chi connectivity index (χ3n) is 4.35. The van der Waals surface area contributed by atoms with E-state index in [2.05, 4.69) is 17.1 Å². The zero-order valence-corrected chi connectivity index (χ0v) is 12.9. The summed E-state index contributed by atoms with van der Waals surface area (Å²) >= 11 is 1.93. The van der Waals surface area contributed by atoms with Crippen LogP contribution in [-0.2, 0) is 13.1 Å². The highest BCUT2D eigenvalue weighted by Crippen LogP contribution is 2.42. The summed E-state index contributed by atoms with van der Waals surface area (Å²) in [6.07, 6.45) is 6.80. The van der Waals surface area contributed by atoms with Gasteiger partial charge in [0.1, 0.15) is 5.01 Å². The Kier molecular flexibility index (Phi) is 4.20. The molecule has 1 aromatic rings. The monoisotopic (exact) mass is 279 g/mol. The highest BCUT2D eigenvalue weighted by atomic mass is 32.1. The molecule has 3 rings (SSSR count). The van der Waals surface area contributed by atoms with Crippen molar-refractivity contribution >= 4 is 11.3 Å². The average Bonchev–Trinajstić information content (AvgIpc) is 3.17. The molecule has 1 aliphatic heterocycles. The minimum Gasteiger partial charge on any atom is -0.315 e. The second kappa shape index (κ2) is 5.90. The number of hydrogen-bond acceptors (Lipinski definition) is 4. The molecule has 0 bridgehead atoms. The lowest BCUT2D eigenvalue weighted by atomic mass is 10.0. The van der Waals surface area contributed by atoms with Gasteiger partial charge in [0.25, 0.3) is 0 Å². The molecule has 0 amide bonds. The fraction of sp³-hybridized carbons (Fsp3) is 0.800. The van der Waals surface area contributed by atoms with Gasteiger partial charge in [0.05, 0.1) is 12.2 Å². The topological polar surface area (TPSA) is 28.2 Å². The molecule has 2 fully saturated rings. The molecular formula is C15H25N3S. The smallest absolute Gasteiger partial charge is 0.107 e. The van der Waals surface area contributed by atoms with Crippen molar-refractivity contribution in [1.29, 1.82) is 0 Å². The average molecular weight is 279 g/mol. The number of rotatable bonds is 5. The van der Waals surface area contributed by atoms with Crippen molar-refractivity contribution < 1.29 is 0 Å². The molecule has 1 saturated carbocycles. The second-order valence-electron chi connectivity index (χ2n) is 6.04. The molecule has 0 radical (unpaired) electrons. The molecule has 0 aromatic carbocycles. The van der Waals surface area contributed by atoms with Crippen LogP contribution in [0.4, 0.5) is 0 Å². The fourth-order valence-electron chi connectivity index (χ4n) is 3.01. The van der Waals surface area contributed by atoms with Crippen LogP contribution >= 0.6 is 11.3 Å². The number of piperidine rings is 1. The van der Waals surface area contributed by atoms with Crippen molar-refractivity contribution in [3.63, 3.8) is 0 Å². The van der Waals surface area contributed by atoms with Crippen LogP contribution in [0.5, 0.6) is 0 Å². The van der Waals surface area contributed by atoms with Crippen molar-refractivity contribution in [2.75, 3.05) is 13.6 Å². The van der Waals surface area contributed by atoms with E-state index in [0.29, 0.717) is 0 Å². The van der Waals surface area contributed by atoms with Crippen LogP contribution in [0.2, 0.25) is 0 Å². The molecule has 4 heteroatoms. The lowest BCUT2D eigenvalue weighted by Gasteiger charge is -2.32. The summed E-state index contributed by atoms with van der Waals surface area (Å²) in [5, 5.41) is 4.62. The second-order valence-corrected chi connectivity index (χ2v) is 7.20. The SMILES string of the molecule is CNCc1sc(CN2CCCCC2C)nc1C1CC1. The van der Waals surface area contributed by atoms with Crippen LogP contribution in [0.25, 0.3) is 0 Å². The maximum atomic E-state index is 4.96. The lowest BCUT2D eigenvalue weighted by Crippen LogP contribution is -2.36. The predicted octanol–water partition coefficient (Wildman–Crippen LogP) is 3.11. The summed E-state index contributed by atoms with van der Waals surface area (Å²) in [7, 11) is 2.03. The maximum Gasteiger partial charge on any atom is 0.107 e.